The predicted octanol–water partition coefficient (Wildman–Crippen LogP) is 1.85. The molecule has 0 bridgehead atoms. The predicted molar refractivity (Wildman–Crippen MR) is 36.0 cm³/mol. The standard InChI is InChI=1S/C7H11F3N/c8-7(9,10)3-6-11-4-1-2-5-11/h1H,2-6H2. The number of halogens is 3. The van der Waals surface area contributed by atoms with E-state index in [1.165, 1.54) is 0 Å². The van der Waals surface area contributed by atoms with Gasteiger partial charge in [-0.3, -0.25) is 0 Å². The van der Waals surface area contributed by atoms with E-state index in [4.69, 9.17) is 0 Å². The van der Waals surface area contributed by atoms with Crippen LogP contribution >= 0.6 is 0 Å². The lowest BCUT2D eigenvalue weighted by molar-refractivity contribution is -0.137. The van der Waals surface area contributed by atoms with Gasteiger partial charge in [-0.15, -0.1) is 0 Å². The van der Waals surface area contributed by atoms with Crippen LogP contribution in [-0.4, -0.2) is 30.7 Å². The number of rotatable bonds is 2. The Morgan fingerprint density at radius 3 is 2.55 bits per heavy atom. The number of likely N-dealkylation sites (tertiary alicyclic amines) is 1. The van der Waals surface area contributed by atoms with Crippen LogP contribution in [0.4, 0.5) is 13.2 Å². The molecule has 0 spiro atoms. The first kappa shape index (κ1) is 8.84. The molecule has 0 atom stereocenters. The van der Waals surface area contributed by atoms with Crippen LogP contribution in [0.2, 0.25) is 0 Å². The number of alkyl halides is 3. The summed E-state index contributed by atoms with van der Waals surface area (Å²) < 4.78 is 35.0. The molecule has 0 N–H and O–H groups in total. The first-order valence-corrected chi connectivity index (χ1v) is 3.69. The molecule has 1 saturated heterocycles. The Bertz CT molecular complexity index is 115. The zero-order valence-corrected chi connectivity index (χ0v) is 6.19. The van der Waals surface area contributed by atoms with Gasteiger partial charge in [-0.05, 0) is 19.4 Å². The van der Waals surface area contributed by atoms with Gasteiger partial charge < -0.3 is 4.90 Å². The largest absolute Gasteiger partial charge is 0.390 e. The summed E-state index contributed by atoms with van der Waals surface area (Å²) in [6.07, 6.45) is -1.74. The quantitative estimate of drug-likeness (QED) is 0.605. The van der Waals surface area contributed by atoms with E-state index >= 15 is 0 Å². The van der Waals surface area contributed by atoms with E-state index in [-0.39, 0.29) is 6.54 Å². The minimum absolute atomic E-state index is 0.153. The summed E-state index contributed by atoms with van der Waals surface area (Å²) in [5.41, 5.74) is 0. The smallest absolute Gasteiger partial charge is 0.303 e. The molecule has 1 nitrogen and oxygen atoms in total. The molecule has 0 aliphatic carbocycles. The summed E-state index contributed by atoms with van der Waals surface area (Å²) in [6, 6.07) is 0. The summed E-state index contributed by atoms with van der Waals surface area (Å²) in [4.78, 5) is 1.81. The van der Waals surface area contributed by atoms with Crippen LogP contribution in [-0.2, 0) is 0 Å². The summed E-state index contributed by atoms with van der Waals surface area (Å²) in [7, 11) is 0. The van der Waals surface area contributed by atoms with Crippen LogP contribution in [0.1, 0.15) is 12.8 Å². The highest BCUT2D eigenvalue weighted by Gasteiger charge is 2.28. The minimum Gasteiger partial charge on any atom is -0.303 e. The maximum absolute atomic E-state index is 11.7. The van der Waals surface area contributed by atoms with Gasteiger partial charge >= 0.3 is 6.18 Å². The van der Waals surface area contributed by atoms with E-state index in [9.17, 15) is 13.2 Å². The van der Waals surface area contributed by atoms with E-state index < -0.39 is 12.6 Å². The molecule has 1 heterocycles. The molecular weight excluding hydrogens is 155 g/mol. The second-order valence-electron chi connectivity index (χ2n) is 2.74. The van der Waals surface area contributed by atoms with Crippen molar-refractivity contribution in [3.8, 4) is 0 Å². The van der Waals surface area contributed by atoms with Gasteiger partial charge in [-0.25, -0.2) is 0 Å². The SMILES string of the molecule is FC(F)(F)CCN1C[CH]CC1. The topological polar surface area (TPSA) is 3.24 Å². The molecule has 65 valence electrons. The van der Waals surface area contributed by atoms with Crippen LogP contribution in [0.3, 0.4) is 0 Å². The number of hydrogen-bond donors (Lipinski definition) is 0. The molecule has 1 radical (unpaired) electrons. The fraction of sp³-hybridized carbons (Fsp3) is 0.857. The molecule has 0 aromatic rings. The Kier molecular flexibility index (Phi) is 2.76. The van der Waals surface area contributed by atoms with Crippen molar-refractivity contribution in [2.75, 3.05) is 19.6 Å². The third-order valence-electron chi connectivity index (χ3n) is 1.75. The molecule has 0 unspecified atom stereocenters. The van der Waals surface area contributed by atoms with Crippen molar-refractivity contribution in [3.05, 3.63) is 6.42 Å². The van der Waals surface area contributed by atoms with E-state index in [1.54, 1.807) is 0 Å². The van der Waals surface area contributed by atoms with Gasteiger partial charge in [0.1, 0.15) is 0 Å². The summed E-state index contributed by atoms with van der Waals surface area (Å²) in [5, 5.41) is 0. The molecule has 0 aromatic carbocycles. The molecule has 1 aliphatic rings. The first-order chi connectivity index (χ1) is 5.08. The Hall–Kier alpha value is -0.250. The van der Waals surface area contributed by atoms with E-state index in [1.807, 2.05) is 11.3 Å². The molecule has 11 heavy (non-hydrogen) atoms. The zero-order chi connectivity index (χ0) is 8.32. The second kappa shape index (κ2) is 3.43. The number of nitrogens with zero attached hydrogens (tertiary/aromatic N) is 1. The highest BCUT2D eigenvalue weighted by atomic mass is 19.4. The normalized spacial score (nSPS) is 21.0. The molecule has 0 saturated carbocycles. The van der Waals surface area contributed by atoms with Crippen molar-refractivity contribution < 1.29 is 13.2 Å². The molecule has 1 fully saturated rings. The van der Waals surface area contributed by atoms with Crippen LogP contribution in [0.5, 0.6) is 0 Å². The van der Waals surface area contributed by atoms with E-state index in [2.05, 4.69) is 0 Å². The van der Waals surface area contributed by atoms with E-state index in [0.29, 0.717) is 0 Å². The lowest BCUT2D eigenvalue weighted by Crippen LogP contribution is -2.25. The fourth-order valence-electron chi connectivity index (χ4n) is 1.13. The van der Waals surface area contributed by atoms with Gasteiger partial charge in [0.2, 0.25) is 0 Å². The van der Waals surface area contributed by atoms with Crippen molar-refractivity contribution in [2.45, 2.75) is 19.0 Å². The Labute approximate surface area is 64.2 Å². The van der Waals surface area contributed by atoms with Crippen LogP contribution in [0.15, 0.2) is 0 Å². The van der Waals surface area contributed by atoms with Gasteiger partial charge in [0, 0.05) is 13.1 Å². The van der Waals surface area contributed by atoms with Crippen LogP contribution < -0.4 is 0 Å². The second-order valence-corrected chi connectivity index (χ2v) is 2.74. The first-order valence-electron chi connectivity index (χ1n) is 3.69. The Morgan fingerprint density at radius 1 is 1.36 bits per heavy atom. The molecular formula is C7H11F3N. The minimum atomic E-state index is -4.00. The molecule has 0 aromatic heterocycles. The van der Waals surface area contributed by atoms with Crippen LogP contribution in [0.25, 0.3) is 0 Å². The van der Waals surface area contributed by atoms with Gasteiger partial charge in [-0.2, -0.15) is 13.2 Å². The molecule has 1 aliphatic heterocycles. The number of hydrogen-bond acceptors (Lipinski definition) is 1. The van der Waals surface area contributed by atoms with Crippen molar-refractivity contribution >= 4 is 0 Å². The van der Waals surface area contributed by atoms with Gasteiger partial charge in [-0.1, -0.05) is 0 Å². The average molecular weight is 166 g/mol. The Balaban J connectivity index is 2.11. The lowest BCUT2D eigenvalue weighted by atomic mass is 10.4. The van der Waals surface area contributed by atoms with Crippen molar-refractivity contribution in [1.29, 1.82) is 0 Å². The summed E-state index contributed by atoms with van der Waals surface area (Å²) >= 11 is 0. The van der Waals surface area contributed by atoms with Gasteiger partial charge in [0.25, 0.3) is 0 Å². The molecule has 4 heteroatoms. The maximum Gasteiger partial charge on any atom is 0.390 e. The third-order valence-corrected chi connectivity index (χ3v) is 1.75. The Morgan fingerprint density at radius 2 is 2.09 bits per heavy atom. The zero-order valence-electron chi connectivity index (χ0n) is 6.19. The van der Waals surface area contributed by atoms with Crippen molar-refractivity contribution in [2.24, 2.45) is 0 Å². The van der Waals surface area contributed by atoms with Gasteiger partial charge in [0.05, 0.1) is 6.42 Å². The van der Waals surface area contributed by atoms with Crippen LogP contribution in [0, 0.1) is 6.42 Å². The fourth-order valence-corrected chi connectivity index (χ4v) is 1.13. The summed E-state index contributed by atoms with van der Waals surface area (Å²) in [5.74, 6) is 0. The maximum atomic E-state index is 11.7. The van der Waals surface area contributed by atoms with Gasteiger partial charge in [0.15, 0.2) is 0 Å². The highest BCUT2D eigenvalue weighted by molar-refractivity contribution is 4.80. The highest BCUT2D eigenvalue weighted by Crippen LogP contribution is 2.20. The third kappa shape index (κ3) is 3.60. The molecule has 1 rings (SSSR count). The summed E-state index contributed by atoms with van der Waals surface area (Å²) in [6.45, 7) is 1.66. The monoisotopic (exact) mass is 166 g/mol. The molecule has 0 amide bonds. The van der Waals surface area contributed by atoms with E-state index in [0.717, 1.165) is 19.5 Å². The van der Waals surface area contributed by atoms with Crippen molar-refractivity contribution in [3.63, 3.8) is 0 Å². The van der Waals surface area contributed by atoms with Crippen molar-refractivity contribution in [1.82, 2.24) is 4.90 Å². The average Bonchev–Trinajstić information content (AvgIpc) is 2.32. The lowest BCUT2D eigenvalue weighted by Gasteiger charge is -2.15.